The number of amides is 1. The molecule has 0 aliphatic carbocycles. The summed E-state index contributed by atoms with van der Waals surface area (Å²) in [6.07, 6.45) is 2.26. The number of aryl methyl sites for hydroxylation is 1. The Kier molecular flexibility index (Phi) is 4.45. The van der Waals surface area contributed by atoms with E-state index in [1.165, 1.54) is 6.20 Å². The standard InChI is InChI=1S/C13H17N5O3S/c1-9-5-4-6-11(10(9)2)15-13(19)8-18-14-7-12(16-18)17-22(3,20)21/h4-7H,8H2,1-3H3,(H,15,19)(H,16,17). The second-order valence-corrected chi connectivity index (χ2v) is 6.68. The van der Waals surface area contributed by atoms with Gasteiger partial charge in [0.1, 0.15) is 6.54 Å². The lowest BCUT2D eigenvalue weighted by atomic mass is 10.1. The first-order valence-corrected chi connectivity index (χ1v) is 8.38. The molecule has 1 aromatic heterocycles. The monoisotopic (exact) mass is 323 g/mol. The number of rotatable bonds is 5. The Morgan fingerprint density at radius 1 is 1.32 bits per heavy atom. The minimum atomic E-state index is -3.42. The third kappa shape index (κ3) is 4.29. The van der Waals surface area contributed by atoms with E-state index in [2.05, 4.69) is 20.2 Å². The van der Waals surface area contributed by atoms with Gasteiger partial charge in [0.05, 0.1) is 12.5 Å². The summed E-state index contributed by atoms with van der Waals surface area (Å²) in [5.74, 6) is -0.225. The number of benzene rings is 1. The van der Waals surface area contributed by atoms with Gasteiger partial charge in [0, 0.05) is 5.69 Å². The maximum Gasteiger partial charge on any atom is 0.247 e. The fourth-order valence-corrected chi connectivity index (χ4v) is 2.29. The molecule has 1 heterocycles. The van der Waals surface area contributed by atoms with Gasteiger partial charge in [-0.1, -0.05) is 12.1 Å². The summed E-state index contributed by atoms with van der Waals surface area (Å²) in [4.78, 5) is 13.1. The average molecular weight is 323 g/mol. The summed E-state index contributed by atoms with van der Waals surface area (Å²) in [6, 6.07) is 5.63. The third-order valence-electron chi connectivity index (χ3n) is 2.99. The largest absolute Gasteiger partial charge is 0.324 e. The van der Waals surface area contributed by atoms with Crippen molar-refractivity contribution in [1.29, 1.82) is 0 Å². The lowest BCUT2D eigenvalue weighted by Gasteiger charge is -2.09. The van der Waals surface area contributed by atoms with Crippen molar-refractivity contribution >= 4 is 27.4 Å². The minimum Gasteiger partial charge on any atom is -0.324 e. The Morgan fingerprint density at radius 2 is 2.05 bits per heavy atom. The molecule has 0 saturated carbocycles. The van der Waals surface area contributed by atoms with E-state index in [-0.39, 0.29) is 18.3 Å². The molecule has 118 valence electrons. The number of sulfonamides is 1. The molecular formula is C13H17N5O3S. The number of carbonyl (C=O) groups is 1. The van der Waals surface area contributed by atoms with Crippen LogP contribution in [0.2, 0.25) is 0 Å². The Balaban J connectivity index is 2.02. The molecule has 0 aliphatic heterocycles. The van der Waals surface area contributed by atoms with E-state index in [1.54, 1.807) is 0 Å². The summed E-state index contributed by atoms with van der Waals surface area (Å²) in [6.45, 7) is 3.77. The van der Waals surface area contributed by atoms with Crippen molar-refractivity contribution in [1.82, 2.24) is 15.0 Å². The molecule has 0 aliphatic rings. The predicted molar refractivity (Wildman–Crippen MR) is 83.0 cm³/mol. The molecule has 9 heteroatoms. The first kappa shape index (κ1) is 16.0. The van der Waals surface area contributed by atoms with Crippen LogP contribution in [0.15, 0.2) is 24.4 Å². The molecule has 2 aromatic rings. The Morgan fingerprint density at radius 3 is 2.73 bits per heavy atom. The van der Waals surface area contributed by atoms with E-state index >= 15 is 0 Å². The summed E-state index contributed by atoms with van der Waals surface area (Å²) in [5, 5.41) is 10.5. The number of carbonyl (C=O) groups excluding carboxylic acids is 1. The normalized spacial score (nSPS) is 11.2. The number of hydrogen-bond donors (Lipinski definition) is 2. The fourth-order valence-electron chi connectivity index (χ4n) is 1.81. The van der Waals surface area contributed by atoms with E-state index in [1.807, 2.05) is 32.0 Å². The van der Waals surface area contributed by atoms with E-state index in [0.717, 1.165) is 27.9 Å². The number of hydrogen-bond acceptors (Lipinski definition) is 5. The molecule has 0 atom stereocenters. The predicted octanol–water partition coefficient (Wildman–Crippen LogP) is 0.905. The second-order valence-electron chi connectivity index (χ2n) is 4.93. The molecular weight excluding hydrogens is 306 g/mol. The maximum absolute atomic E-state index is 12.0. The fraction of sp³-hybridized carbons (Fsp3) is 0.308. The number of nitrogens with zero attached hydrogens (tertiary/aromatic N) is 3. The second kappa shape index (κ2) is 6.14. The van der Waals surface area contributed by atoms with Gasteiger partial charge < -0.3 is 5.32 Å². The summed E-state index contributed by atoms with van der Waals surface area (Å²) >= 11 is 0. The van der Waals surface area contributed by atoms with Gasteiger partial charge in [-0.05, 0) is 31.0 Å². The van der Waals surface area contributed by atoms with Crippen LogP contribution in [0, 0.1) is 13.8 Å². The molecule has 0 spiro atoms. The minimum absolute atomic E-state index is 0.0713. The third-order valence-corrected chi connectivity index (χ3v) is 3.57. The first-order valence-electron chi connectivity index (χ1n) is 6.48. The van der Waals surface area contributed by atoms with Gasteiger partial charge in [-0.2, -0.15) is 9.90 Å². The summed E-state index contributed by atoms with van der Waals surface area (Å²) in [5.41, 5.74) is 2.80. The van der Waals surface area contributed by atoms with Crippen LogP contribution in [0.25, 0.3) is 0 Å². The van der Waals surface area contributed by atoms with Crippen molar-refractivity contribution in [2.45, 2.75) is 20.4 Å². The van der Waals surface area contributed by atoms with Crippen LogP contribution < -0.4 is 10.0 Å². The summed E-state index contributed by atoms with van der Waals surface area (Å²) in [7, 11) is -3.42. The highest BCUT2D eigenvalue weighted by Gasteiger charge is 2.10. The van der Waals surface area contributed by atoms with Crippen LogP contribution in [0.3, 0.4) is 0 Å². The SMILES string of the molecule is Cc1cccc(NC(=O)Cn2ncc(NS(C)(=O)=O)n2)c1C. The van der Waals surface area contributed by atoms with E-state index < -0.39 is 10.0 Å². The van der Waals surface area contributed by atoms with Crippen molar-refractivity contribution in [3.8, 4) is 0 Å². The van der Waals surface area contributed by atoms with E-state index in [9.17, 15) is 13.2 Å². The average Bonchev–Trinajstić information content (AvgIpc) is 2.79. The highest BCUT2D eigenvalue weighted by molar-refractivity contribution is 7.92. The van der Waals surface area contributed by atoms with Gasteiger partial charge in [0.15, 0.2) is 5.82 Å². The number of nitrogens with one attached hydrogen (secondary N) is 2. The Labute approximate surface area is 128 Å². The van der Waals surface area contributed by atoms with Crippen molar-refractivity contribution in [2.75, 3.05) is 16.3 Å². The Bertz CT molecular complexity index is 798. The van der Waals surface area contributed by atoms with Crippen LogP contribution in [0.4, 0.5) is 11.5 Å². The van der Waals surface area contributed by atoms with Gasteiger partial charge in [0.25, 0.3) is 0 Å². The van der Waals surface area contributed by atoms with Crippen molar-refractivity contribution in [2.24, 2.45) is 0 Å². The molecule has 0 unspecified atom stereocenters. The topological polar surface area (TPSA) is 106 Å². The van der Waals surface area contributed by atoms with E-state index in [0.29, 0.717) is 0 Å². The van der Waals surface area contributed by atoms with Crippen LogP contribution >= 0.6 is 0 Å². The molecule has 0 radical (unpaired) electrons. The highest BCUT2D eigenvalue weighted by Crippen LogP contribution is 2.17. The van der Waals surface area contributed by atoms with Crippen molar-refractivity contribution in [3.05, 3.63) is 35.5 Å². The zero-order chi connectivity index (χ0) is 16.3. The quantitative estimate of drug-likeness (QED) is 0.850. The van der Waals surface area contributed by atoms with Gasteiger partial charge in [-0.25, -0.2) is 8.42 Å². The number of anilines is 2. The smallest absolute Gasteiger partial charge is 0.247 e. The van der Waals surface area contributed by atoms with E-state index in [4.69, 9.17) is 0 Å². The molecule has 1 aromatic carbocycles. The van der Waals surface area contributed by atoms with Crippen molar-refractivity contribution in [3.63, 3.8) is 0 Å². The first-order chi connectivity index (χ1) is 10.2. The molecule has 0 bridgehead atoms. The molecule has 2 rings (SSSR count). The molecule has 2 N–H and O–H groups in total. The van der Waals surface area contributed by atoms with Gasteiger partial charge in [0.2, 0.25) is 15.9 Å². The zero-order valence-corrected chi connectivity index (χ0v) is 13.3. The highest BCUT2D eigenvalue weighted by atomic mass is 32.2. The molecule has 8 nitrogen and oxygen atoms in total. The van der Waals surface area contributed by atoms with Crippen LogP contribution in [0.1, 0.15) is 11.1 Å². The van der Waals surface area contributed by atoms with Crippen LogP contribution in [-0.2, 0) is 21.4 Å². The van der Waals surface area contributed by atoms with Crippen LogP contribution in [-0.4, -0.2) is 35.6 Å². The van der Waals surface area contributed by atoms with Crippen LogP contribution in [0.5, 0.6) is 0 Å². The molecule has 22 heavy (non-hydrogen) atoms. The lowest BCUT2D eigenvalue weighted by Crippen LogP contribution is -2.21. The van der Waals surface area contributed by atoms with Gasteiger partial charge in [-0.3, -0.25) is 9.52 Å². The van der Waals surface area contributed by atoms with Gasteiger partial charge in [-0.15, -0.1) is 5.10 Å². The number of aromatic nitrogens is 3. The van der Waals surface area contributed by atoms with Crippen molar-refractivity contribution < 1.29 is 13.2 Å². The molecule has 0 saturated heterocycles. The Hall–Kier alpha value is -2.42. The molecule has 0 fully saturated rings. The zero-order valence-electron chi connectivity index (χ0n) is 12.5. The van der Waals surface area contributed by atoms with Gasteiger partial charge >= 0.3 is 0 Å². The lowest BCUT2D eigenvalue weighted by molar-refractivity contribution is -0.117. The molecule has 1 amide bonds. The maximum atomic E-state index is 12.0. The summed E-state index contributed by atoms with van der Waals surface area (Å²) < 4.78 is 24.3.